The van der Waals surface area contributed by atoms with E-state index < -0.39 is 5.97 Å². The number of likely N-dealkylation sites (tertiary alicyclic amines) is 1. The summed E-state index contributed by atoms with van der Waals surface area (Å²) in [6.07, 6.45) is 5.03. The molecule has 146 valence electrons. The van der Waals surface area contributed by atoms with Crippen LogP contribution in [0, 0.1) is 5.92 Å². The van der Waals surface area contributed by atoms with Crippen molar-refractivity contribution in [2.45, 2.75) is 19.8 Å². The van der Waals surface area contributed by atoms with E-state index >= 15 is 0 Å². The summed E-state index contributed by atoms with van der Waals surface area (Å²) in [6.45, 7) is 3.58. The zero-order valence-electron chi connectivity index (χ0n) is 16.0. The number of carbonyl (C=O) groups excluding carboxylic acids is 3. The highest BCUT2D eigenvalue weighted by atomic mass is 16.5. The fraction of sp³-hybridized carbons (Fsp3) is 0.333. The van der Waals surface area contributed by atoms with Crippen molar-refractivity contribution >= 4 is 23.5 Å². The molecule has 0 aliphatic carbocycles. The SMILES string of the molecule is COC(=O)c1ccc(NC(=O)c2cncc(C(=O)N3CCCC(C)C3)c2)cc1. The van der Waals surface area contributed by atoms with Gasteiger partial charge in [-0.2, -0.15) is 0 Å². The van der Waals surface area contributed by atoms with Crippen LogP contribution < -0.4 is 5.32 Å². The molecule has 1 aromatic heterocycles. The Labute approximate surface area is 163 Å². The Morgan fingerprint density at radius 1 is 1.11 bits per heavy atom. The molecule has 1 fully saturated rings. The Balaban J connectivity index is 1.70. The molecule has 3 rings (SSSR count). The first-order chi connectivity index (χ1) is 13.5. The molecule has 7 heteroatoms. The number of anilines is 1. The number of rotatable bonds is 4. The van der Waals surface area contributed by atoms with E-state index in [-0.39, 0.29) is 11.8 Å². The third-order valence-electron chi connectivity index (χ3n) is 4.76. The maximum Gasteiger partial charge on any atom is 0.337 e. The van der Waals surface area contributed by atoms with Gasteiger partial charge in [-0.15, -0.1) is 0 Å². The quantitative estimate of drug-likeness (QED) is 0.823. The van der Waals surface area contributed by atoms with E-state index in [1.807, 2.05) is 4.90 Å². The Morgan fingerprint density at radius 3 is 2.50 bits per heavy atom. The molecule has 2 heterocycles. The van der Waals surface area contributed by atoms with Crippen molar-refractivity contribution < 1.29 is 19.1 Å². The number of ether oxygens (including phenoxy) is 1. The summed E-state index contributed by atoms with van der Waals surface area (Å²) in [7, 11) is 1.31. The van der Waals surface area contributed by atoms with Crippen molar-refractivity contribution in [1.82, 2.24) is 9.88 Å². The van der Waals surface area contributed by atoms with E-state index in [2.05, 4.69) is 22.0 Å². The van der Waals surface area contributed by atoms with Crippen LogP contribution in [0.2, 0.25) is 0 Å². The fourth-order valence-electron chi connectivity index (χ4n) is 3.25. The van der Waals surface area contributed by atoms with Crippen molar-refractivity contribution in [3.63, 3.8) is 0 Å². The predicted molar refractivity (Wildman–Crippen MR) is 104 cm³/mol. The van der Waals surface area contributed by atoms with Crippen LogP contribution >= 0.6 is 0 Å². The molecule has 0 bridgehead atoms. The molecule has 28 heavy (non-hydrogen) atoms. The van der Waals surface area contributed by atoms with Crippen LogP contribution in [0.5, 0.6) is 0 Å². The standard InChI is InChI=1S/C21H23N3O4/c1-14-4-3-9-24(13-14)20(26)17-10-16(11-22-12-17)19(25)23-18-7-5-15(6-8-18)21(27)28-2/h5-8,10-12,14H,3-4,9,13H2,1-2H3,(H,23,25). The van der Waals surface area contributed by atoms with Gasteiger partial charge in [0.25, 0.3) is 11.8 Å². The van der Waals surface area contributed by atoms with E-state index in [0.717, 1.165) is 25.9 Å². The minimum absolute atomic E-state index is 0.101. The second-order valence-electron chi connectivity index (χ2n) is 6.98. The number of nitrogens with zero attached hydrogens (tertiary/aromatic N) is 2. The summed E-state index contributed by atoms with van der Waals surface area (Å²) in [5.74, 6) is -0.443. The molecule has 1 atom stereocenters. The Kier molecular flexibility index (Phi) is 6.03. The molecule has 2 aromatic rings. The van der Waals surface area contributed by atoms with Gasteiger partial charge >= 0.3 is 5.97 Å². The van der Waals surface area contributed by atoms with E-state index in [1.54, 1.807) is 30.3 Å². The number of carbonyl (C=O) groups is 3. The molecule has 1 unspecified atom stereocenters. The van der Waals surface area contributed by atoms with Crippen molar-refractivity contribution in [3.8, 4) is 0 Å². The van der Waals surface area contributed by atoms with Crippen molar-refractivity contribution in [1.29, 1.82) is 0 Å². The number of piperidine rings is 1. The number of methoxy groups -OCH3 is 1. The lowest BCUT2D eigenvalue weighted by Crippen LogP contribution is -2.39. The van der Waals surface area contributed by atoms with Gasteiger partial charge in [-0.05, 0) is 49.1 Å². The van der Waals surface area contributed by atoms with Gasteiger partial charge in [0.15, 0.2) is 0 Å². The highest BCUT2D eigenvalue weighted by molar-refractivity contribution is 6.06. The molecule has 1 aromatic carbocycles. The zero-order valence-corrected chi connectivity index (χ0v) is 16.0. The number of aromatic nitrogens is 1. The molecule has 1 aliphatic heterocycles. The molecule has 7 nitrogen and oxygen atoms in total. The molecule has 0 saturated carbocycles. The van der Waals surface area contributed by atoms with Gasteiger partial charge in [0.05, 0.1) is 23.8 Å². The second kappa shape index (κ2) is 8.65. The smallest absolute Gasteiger partial charge is 0.337 e. The van der Waals surface area contributed by atoms with Gasteiger partial charge in [0, 0.05) is 31.2 Å². The molecular formula is C21H23N3O4. The van der Waals surface area contributed by atoms with Crippen LogP contribution in [0.1, 0.15) is 50.8 Å². The maximum absolute atomic E-state index is 12.7. The summed E-state index contributed by atoms with van der Waals surface area (Å²) in [5, 5.41) is 2.74. The number of nitrogens with one attached hydrogen (secondary N) is 1. The van der Waals surface area contributed by atoms with Gasteiger partial charge in [-0.3, -0.25) is 14.6 Å². The number of benzene rings is 1. The van der Waals surface area contributed by atoms with Crippen molar-refractivity contribution in [3.05, 3.63) is 59.4 Å². The van der Waals surface area contributed by atoms with E-state index in [1.165, 1.54) is 19.5 Å². The highest BCUT2D eigenvalue weighted by Crippen LogP contribution is 2.18. The first kappa shape index (κ1) is 19.5. The van der Waals surface area contributed by atoms with Crippen LogP contribution in [-0.4, -0.2) is 47.9 Å². The van der Waals surface area contributed by atoms with Crippen molar-refractivity contribution in [2.75, 3.05) is 25.5 Å². The van der Waals surface area contributed by atoms with Crippen molar-refractivity contribution in [2.24, 2.45) is 5.92 Å². The normalized spacial score (nSPS) is 16.4. The molecule has 1 saturated heterocycles. The lowest BCUT2D eigenvalue weighted by Gasteiger charge is -2.30. The Morgan fingerprint density at radius 2 is 1.82 bits per heavy atom. The van der Waals surface area contributed by atoms with Crippen LogP contribution in [0.15, 0.2) is 42.7 Å². The second-order valence-corrected chi connectivity index (χ2v) is 6.98. The third kappa shape index (κ3) is 4.54. The third-order valence-corrected chi connectivity index (χ3v) is 4.76. The Hall–Kier alpha value is -3.22. The lowest BCUT2D eigenvalue weighted by molar-refractivity contribution is 0.0600. The minimum Gasteiger partial charge on any atom is -0.465 e. The zero-order chi connectivity index (χ0) is 20.1. The number of pyridine rings is 1. The molecule has 2 amide bonds. The van der Waals surface area contributed by atoms with Crippen LogP contribution in [0.4, 0.5) is 5.69 Å². The average molecular weight is 381 g/mol. The molecule has 0 spiro atoms. The van der Waals surface area contributed by atoms with Gasteiger partial charge in [0.1, 0.15) is 0 Å². The topological polar surface area (TPSA) is 88.6 Å². The maximum atomic E-state index is 12.7. The molecular weight excluding hydrogens is 358 g/mol. The van der Waals surface area contributed by atoms with Gasteiger partial charge in [-0.1, -0.05) is 6.92 Å². The van der Waals surface area contributed by atoms with Gasteiger partial charge < -0.3 is 15.0 Å². The van der Waals surface area contributed by atoms with Gasteiger partial charge in [-0.25, -0.2) is 4.79 Å². The minimum atomic E-state index is -0.444. The first-order valence-electron chi connectivity index (χ1n) is 9.22. The molecule has 1 N–H and O–H groups in total. The average Bonchev–Trinajstić information content (AvgIpc) is 2.73. The molecule has 1 aliphatic rings. The summed E-state index contributed by atoms with van der Waals surface area (Å²) in [5.41, 5.74) is 1.63. The van der Waals surface area contributed by atoms with E-state index in [0.29, 0.717) is 28.3 Å². The fourth-order valence-corrected chi connectivity index (χ4v) is 3.25. The summed E-state index contributed by atoms with van der Waals surface area (Å²) in [4.78, 5) is 42.6. The summed E-state index contributed by atoms with van der Waals surface area (Å²) < 4.78 is 4.65. The van der Waals surface area contributed by atoms with Crippen LogP contribution in [0.3, 0.4) is 0 Å². The number of amides is 2. The highest BCUT2D eigenvalue weighted by Gasteiger charge is 2.23. The van der Waals surface area contributed by atoms with E-state index in [4.69, 9.17) is 0 Å². The Bertz CT molecular complexity index is 879. The summed E-state index contributed by atoms with van der Waals surface area (Å²) in [6, 6.07) is 7.92. The first-order valence-corrected chi connectivity index (χ1v) is 9.22. The number of esters is 1. The van der Waals surface area contributed by atoms with Crippen LogP contribution in [0.25, 0.3) is 0 Å². The molecule has 0 radical (unpaired) electrons. The predicted octanol–water partition coefficient (Wildman–Crippen LogP) is 2.99. The summed E-state index contributed by atoms with van der Waals surface area (Å²) >= 11 is 0. The largest absolute Gasteiger partial charge is 0.465 e. The van der Waals surface area contributed by atoms with Gasteiger partial charge in [0.2, 0.25) is 0 Å². The number of hydrogen-bond acceptors (Lipinski definition) is 5. The van der Waals surface area contributed by atoms with E-state index in [9.17, 15) is 14.4 Å². The monoisotopic (exact) mass is 381 g/mol. The lowest BCUT2D eigenvalue weighted by atomic mass is 9.99. The van der Waals surface area contributed by atoms with Crippen LogP contribution in [-0.2, 0) is 4.74 Å². The number of hydrogen-bond donors (Lipinski definition) is 1.